The van der Waals surface area contributed by atoms with Gasteiger partial charge in [0.25, 0.3) is 5.91 Å². The maximum Gasteiger partial charge on any atom is 0.276 e. The van der Waals surface area contributed by atoms with E-state index in [9.17, 15) is 14.0 Å². The van der Waals surface area contributed by atoms with E-state index in [2.05, 4.69) is 36.1 Å². The van der Waals surface area contributed by atoms with Crippen LogP contribution in [0.1, 0.15) is 71.7 Å². The van der Waals surface area contributed by atoms with Crippen molar-refractivity contribution in [1.29, 1.82) is 0 Å². The van der Waals surface area contributed by atoms with Gasteiger partial charge in [-0.25, -0.2) is 13.4 Å². The molecule has 1 spiro atoms. The molecule has 1 fully saturated rings. The second-order valence-corrected chi connectivity index (χ2v) is 11.3. The number of nitrogens with one attached hydrogen (secondary N) is 3. The first-order valence-corrected chi connectivity index (χ1v) is 13.6. The van der Waals surface area contributed by atoms with Crippen LogP contribution in [-0.2, 0) is 4.79 Å². The number of benzene rings is 1. The summed E-state index contributed by atoms with van der Waals surface area (Å²) in [5.41, 5.74) is 2.42. The number of ether oxygens (including phenoxy) is 1. The van der Waals surface area contributed by atoms with Gasteiger partial charge in [-0.15, -0.1) is 0 Å². The summed E-state index contributed by atoms with van der Waals surface area (Å²) in [6.45, 7) is 7.43. The van der Waals surface area contributed by atoms with Gasteiger partial charge >= 0.3 is 0 Å². The Morgan fingerprint density at radius 2 is 1.93 bits per heavy atom. The summed E-state index contributed by atoms with van der Waals surface area (Å²) in [5, 5.41) is 20.1. The van der Waals surface area contributed by atoms with Gasteiger partial charge in [0.1, 0.15) is 29.0 Å². The number of carbonyl (C=O) groups is 2. The van der Waals surface area contributed by atoms with Crippen LogP contribution in [0.4, 0.5) is 14.5 Å². The number of halogens is 2. The smallest absolute Gasteiger partial charge is 0.276 e. The van der Waals surface area contributed by atoms with Gasteiger partial charge in [0.05, 0.1) is 24.2 Å². The number of aromatic amines is 1. The zero-order valence-corrected chi connectivity index (χ0v) is 23.4. The monoisotopic (exact) mass is 577 g/mol. The van der Waals surface area contributed by atoms with Crippen molar-refractivity contribution in [3.63, 3.8) is 0 Å². The minimum Gasteiger partial charge on any atom is -0.493 e. The summed E-state index contributed by atoms with van der Waals surface area (Å²) in [4.78, 5) is 31.8. The normalized spacial score (nSPS) is 17.5. The molecule has 1 aliphatic carbocycles. The highest BCUT2D eigenvalue weighted by molar-refractivity contribution is 6.01. The molecule has 2 unspecified atom stereocenters. The molecule has 1 aromatic carbocycles. The van der Waals surface area contributed by atoms with Crippen molar-refractivity contribution in [3.8, 4) is 17.0 Å². The fourth-order valence-corrected chi connectivity index (χ4v) is 5.73. The molecule has 4 heterocycles. The molecule has 2 aliphatic rings. The van der Waals surface area contributed by atoms with Crippen LogP contribution in [0.5, 0.6) is 5.75 Å². The molecule has 2 amide bonds. The van der Waals surface area contributed by atoms with Gasteiger partial charge in [0.15, 0.2) is 11.5 Å². The lowest BCUT2D eigenvalue weighted by Crippen LogP contribution is -2.52. The van der Waals surface area contributed by atoms with Gasteiger partial charge in [-0.1, -0.05) is 25.1 Å². The Hall–Kier alpha value is -4.68. The van der Waals surface area contributed by atoms with Crippen molar-refractivity contribution >= 4 is 17.5 Å². The molecule has 0 radical (unpaired) electrons. The van der Waals surface area contributed by atoms with Crippen LogP contribution in [0.25, 0.3) is 11.3 Å². The molecule has 3 aromatic heterocycles. The third-order valence-electron chi connectivity index (χ3n) is 8.03. The third-order valence-corrected chi connectivity index (χ3v) is 8.03. The van der Waals surface area contributed by atoms with Crippen LogP contribution in [0, 0.1) is 30.9 Å². The number of hydrogen-bond donors (Lipinski definition) is 3. The van der Waals surface area contributed by atoms with E-state index in [0.717, 1.165) is 12.8 Å². The highest BCUT2D eigenvalue weighted by Gasteiger charge is 2.58. The summed E-state index contributed by atoms with van der Waals surface area (Å²) in [6.07, 6.45) is 2.83. The van der Waals surface area contributed by atoms with E-state index in [4.69, 9.17) is 9.37 Å². The topological polar surface area (TPSA) is 148 Å². The van der Waals surface area contributed by atoms with E-state index in [1.54, 1.807) is 19.9 Å². The standard InChI is InChI=1S/C29H29F2N7O4/c1-13(2)23-26(38-42-37-23)28(40)34-25(22-18-6-5-16(30)9-20(18)41-12-29(22)7-8-29)27(39)33-17-10-19(31)24(32-11-17)21-14(3)35-36-15(21)4/h5-6,9-11,13,22,25H,7-8,12H2,1-4H3,(H,33,39)(H,34,40)(H,35,36). The molecule has 1 saturated carbocycles. The molecule has 218 valence electrons. The molecule has 11 nitrogen and oxygen atoms in total. The molecular formula is C29H29F2N7O4. The van der Waals surface area contributed by atoms with Crippen LogP contribution in [0.3, 0.4) is 0 Å². The van der Waals surface area contributed by atoms with E-state index >= 15 is 4.39 Å². The Morgan fingerprint density at radius 3 is 2.60 bits per heavy atom. The van der Waals surface area contributed by atoms with Crippen molar-refractivity contribution in [2.75, 3.05) is 11.9 Å². The quantitative estimate of drug-likeness (QED) is 0.289. The summed E-state index contributed by atoms with van der Waals surface area (Å²) >= 11 is 0. The van der Waals surface area contributed by atoms with Gasteiger partial charge in [0.2, 0.25) is 5.91 Å². The third kappa shape index (κ3) is 4.78. The Morgan fingerprint density at radius 1 is 1.14 bits per heavy atom. The number of nitrogens with zero attached hydrogens (tertiary/aromatic N) is 4. The number of rotatable bonds is 7. The largest absolute Gasteiger partial charge is 0.493 e. The predicted octanol–water partition coefficient (Wildman–Crippen LogP) is 4.57. The molecule has 0 bridgehead atoms. The van der Waals surface area contributed by atoms with Crippen LogP contribution >= 0.6 is 0 Å². The molecule has 0 saturated heterocycles. The average Bonchev–Trinajstić information content (AvgIpc) is 3.37. The Kier molecular flexibility index (Phi) is 6.74. The number of aromatic nitrogens is 5. The number of aryl methyl sites for hydroxylation is 2. The van der Waals surface area contributed by atoms with Gasteiger partial charge in [-0.2, -0.15) is 5.10 Å². The number of fused-ring (bicyclic) bond motifs is 1. The number of hydrogen-bond acceptors (Lipinski definition) is 8. The van der Waals surface area contributed by atoms with Gasteiger partial charge in [0, 0.05) is 46.2 Å². The minimum atomic E-state index is -1.16. The highest BCUT2D eigenvalue weighted by Crippen LogP contribution is 2.61. The lowest BCUT2D eigenvalue weighted by atomic mass is 9.75. The molecule has 2 atom stereocenters. The van der Waals surface area contributed by atoms with Crippen LogP contribution in [-0.4, -0.2) is 50.0 Å². The molecule has 3 N–H and O–H groups in total. The fourth-order valence-electron chi connectivity index (χ4n) is 5.73. The van der Waals surface area contributed by atoms with Crippen molar-refractivity contribution in [2.45, 2.75) is 58.4 Å². The summed E-state index contributed by atoms with van der Waals surface area (Å²) in [5.74, 6) is -2.83. The number of H-pyrrole nitrogens is 1. The second kappa shape index (κ2) is 10.3. The summed E-state index contributed by atoms with van der Waals surface area (Å²) in [7, 11) is 0. The molecular weight excluding hydrogens is 548 g/mol. The van der Waals surface area contributed by atoms with E-state index < -0.39 is 40.8 Å². The van der Waals surface area contributed by atoms with Gasteiger partial charge < -0.3 is 15.4 Å². The van der Waals surface area contributed by atoms with Crippen LogP contribution in [0.15, 0.2) is 35.1 Å². The maximum atomic E-state index is 15.3. The Labute approximate surface area is 239 Å². The Balaban J connectivity index is 1.36. The first kappa shape index (κ1) is 27.5. The van der Waals surface area contributed by atoms with Gasteiger partial charge in [-0.3, -0.25) is 19.7 Å². The maximum absolute atomic E-state index is 15.3. The van der Waals surface area contributed by atoms with Crippen molar-refractivity contribution in [2.24, 2.45) is 5.41 Å². The van der Waals surface area contributed by atoms with E-state index in [1.807, 2.05) is 13.8 Å². The molecule has 13 heteroatoms. The number of pyridine rings is 1. The summed E-state index contributed by atoms with van der Waals surface area (Å²) in [6, 6.07) is 4.15. The van der Waals surface area contributed by atoms with Gasteiger partial charge in [-0.05, 0) is 37.9 Å². The summed E-state index contributed by atoms with van der Waals surface area (Å²) < 4.78 is 40.1. The van der Waals surface area contributed by atoms with E-state index in [0.29, 0.717) is 34.0 Å². The van der Waals surface area contributed by atoms with E-state index in [1.165, 1.54) is 24.4 Å². The average molecular weight is 578 g/mol. The molecule has 6 rings (SSSR count). The lowest BCUT2D eigenvalue weighted by Gasteiger charge is -2.38. The zero-order valence-electron chi connectivity index (χ0n) is 23.4. The van der Waals surface area contributed by atoms with Crippen molar-refractivity contribution < 1.29 is 27.7 Å². The number of amides is 2. The van der Waals surface area contributed by atoms with Crippen molar-refractivity contribution in [1.82, 2.24) is 30.8 Å². The molecule has 1 aliphatic heterocycles. The van der Waals surface area contributed by atoms with Crippen LogP contribution < -0.4 is 15.4 Å². The first-order chi connectivity index (χ1) is 20.1. The highest BCUT2D eigenvalue weighted by atomic mass is 19.1. The van der Waals surface area contributed by atoms with Crippen molar-refractivity contribution in [3.05, 3.63) is 70.4 Å². The predicted molar refractivity (Wildman–Crippen MR) is 146 cm³/mol. The van der Waals surface area contributed by atoms with E-state index in [-0.39, 0.29) is 29.6 Å². The molecule has 42 heavy (non-hydrogen) atoms. The molecule has 4 aromatic rings. The number of anilines is 1. The second-order valence-electron chi connectivity index (χ2n) is 11.3. The fraction of sp³-hybridized carbons (Fsp3) is 0.379. The number of carbonyl (C=O) groups excluding carboxylic acids is 2. The van der Waals surface area contributed by atoms with Crippen LogP contribution in [0.2, 0.25) is 0 Å². The minimum absolute atomic E-state index is 0.0399. The zero-order chi connectivity index (χ0) is 29.8. The lowest BCUT2D eigenvalue weighted by molar-refractivity contribution is -0.119. The Bertz CT molecular complexity index is 1680. The first-order valence-electron chi connectivity index (χ1n) is 13.6. The SMILES string of the molecule is Cc1n[nH]c(C)c1-c1ncc(NC(=O)C(NC(=O)c2nonc2C(C)C)C2c3ccc(F)cc3OCC23CC3)cc1F.